The average Bonchev–Trinajstić information content (AvgIpc) is 3.62. The fourth-order valence-electron chi connectivity index (χ4n) is 4.78. The van der Waals surface area contributed by atoms with E-state index in [-0.39, 0.29) is 46.3 Å². The smallest absolute Gasteiger partial charge is 0.305 e. The summed E-state index contributed by atoms with van der Waals surface area (Å²) in [5, 5.41) is 4.63. The van der Waals surface area contributed by atoms with Crippen molar-refractivity contribution in [1.29, 1.82) is 0 Å². The minimum absolute atomic E-state index is 0. The minimum atomic E-state index is -0.638. The zero-order valence-corrected chi connectivity index (χ0v) is 23.4. The molecule has 0 radical (unpaired) electrons. The van der Waals surface area contributed by atoms with Crippen LogP contribution >= 0.6 is 24.2 Å². The van der Waals surface area contributed by atoms with Gasteiger partial charge in [-0.3, -0.25) is 24.0 Å². The van der Waals surface area contributed by atoms with Crippen LogP contribution in [0.2, 0.25) is 0 Å². The molecule has 10 heteroatoms. The number of ketones is 1. The summed E-state index contributed by atoms with van der Waals surface area (Å²) in [5.74, 6) is -0.512. The van der Waals surface area contributed by atoms with Crippen molar-refractivity contribution < 1.29 is 23.5 Å². The number of likely N-dealkylation sites (tertiary alicyclic amines) is 1. The Bertz CT molecular complexity index is 1170. The third kappa shape index (κ3) is 8.01. The quantitative estimate of drug-likeness (QED) is 0.346. The maximum absolute atomic E-state index is 14.8. The Morgan fingerprint density at radius 3 is 2.66 bits per heavy atom. The van der Waals surface area contributed by atoms with E-state index in [9.17, 15) is 18.8 Å². The molecule has 2 aliphatic rings. The maximum Gasteiger partial charge on any atom is 0.305 e. The average molecular weight is 564 g/mol. The van der Waals surface area contributed by atoms with Gasteiger partial charge in [0.2, 0.25) is 0 Å². The van der Waals surface area contributed by atoms with Gasteiger partial charge in [0.1, 0.15) is 5.82 Å². The number of aryl methyl sites for hydroxylation is 1. The number of nitrogens with zero attached hydrogens (tertiary/aromatic N) is 3. The minimum Gasteiger partial charge on any atom is -0.466 e. The fraction of sp³-hybridized carbons (Fsp3) is 0.500. The van der Waals surface area contributed by atoms with Gasteiger partial charge in [0, 0.05) is 55.9 Å². The highest BCUT2D eigenvalue weighted by Gasteiger charge is 2.41. The van der Waals surface area contributed by atoms with Gasteiger partial charge < -0.3 is 4.74 Å². The van der Waals surface area contributed by atoms with Gasteiger partial charge in [0.15, 0.2) is 10.9 Å². The lowest BCUT2D eigenvalue weighted by Gasteiger charge is -2.38. The predicted octanol–water partition coefficient (Wildman–Crippen LogP) is 5.25. The summed E-state index contributed by atoms with van der Waals surface area (Å²) in [7, 11) is 0. The van der Waals surface area contributed by atoms with E-state index in [1.165, 1.54) is 17.8 Å². The molecule has 0 N–H and O–H groups in total. The number of hydrogen-bond acceptors (Lipinski definition) is 7. The van der Waals surface area contributed by atoms with Crippen molar-refractivity contribution >= 4 is 47.1 Å². The molecule has 4 rings (SSSR count). The van der Waals surface area contributed by atoms with Gasteiger partial charge in [-0.15, -0.1) is 12.4 Å². The zero-order chi connectivity index (χ0) is 26.4. The third-order valence-electron chi connectivity index (χ3n) is 6.67. The largest absolute Gasteiger partial charge is 0.466 e. The number of piperidine rings is 1. The second-order valence-electron chi connectivity index (χ2n) is 9.59. The molecule has 1 aliphatic heterocycles. The number of thioether (sulfide) groups is 1. The van der Waals surface area contributed by atoms with E-state index in [1.54, 1.807) is 36.7 Å². The number of carbonyl (C=O) groups excluding carboxylic acids is 3. The van der Waals surface area contributed by atoms with Crippen LogP contribution in [0.5, 0.6) is 0 Å². The highest BCUT2D eigenvalue weighted by atomic mass is 35.5. The van der Waals surface area contributed by atoms with Crippen LogP contribution in [0.3, 0.4) is 0 Å². The summed E-state index contributed by atoms with van der Waals surface area (Å²) in [6.45, 7) is 5.37. The first-order valence-corrected chi connectivity index (χ1v) is 13.8. The topological polar surface area (TPSA) is 81.5 Å². The molecule has 0 amide bonds. The van der Waals surface area contributed by atoms with Crippen LogP contribution in [-0.4, -0.2) is 56.5 Å². The molecule has 1 aliphatic carbocycles. The monoisotopic (exact) mass is 563 g/mol. The molecule has 0 bridgehead atoms. The van der Waals surface area contributed by atoms with Crippen LogP contribution in [-0.2, 0) is 25.7 Å². The summed E-state index contributed by atoms with van der Waals surface area (Å²) >= 11 is 1.29. The van der Waals surface area contributed by atoms with Gasteiger partial charge in [-0.1, -0.05) is 30.0 Å². The van der Waals surface area contributed by atoms with Gasteiger partial charge >= 0.3 is 5.97 Å². The summed E-state index contributed by atoms with van der Waals surface area (Å²) in [4.78, 5) is 39.0. The third-order valence-corrected chi connectivity index (χ3v) is 7.82. The van der Waals surface area contributed by atoms with Crippen molar-refractivity contribution in [1.82, 2.24) is 14.7 Å². The number of halogens is 2. The molecule has 0 spiro atoms. The number of rotatable bonds is 11. The zero-order valence-electron chi connectivity index (χ0n) is 21.8. The normalized spacial score (nSPS) is 19.6. The summed E-state index contributed by atoms with van der Waals surface area (Å²) in [5.41, 5.74) is 2.16. The summed E-state index contributed by atoms with van der Waals surface area (Å²) in [6, 6.07) is 7.79. The lowest BCUT2D eigenvalue weighted by molar-refractivity contribution is -0.143. The van der Waals surface area contributed by atoms with Crippen molar-refractivity contribution in [3.8, 4) is 0 Å². The molecule has 1 aromatic carbocycles. The lowest BCUT2D eigenvalue weighted by atomic mass is 9.93. The second-order valence-corrected chi connectivity index (χ2v) is 11.0. The van der Waals surface area contributed by atoms with E-state index in [4.69, 9.17) is 4.74 Å². The van der Waals surface area contributed by atoms with Crippen LogP contribution in [0.1, 0.15) is 63.3 Å². The van der Waals surface area contributed by atoms with Gasteiger partial charge in [0.25, 0.3) is 0 Å². The Morgan fingerprint density at radius 1 is 1.21 bits per heavy atom. The van der Waals surface area contributed by atoms with Crippen LogP contribution < -0.4 is 0 Å². The van der Waals surface area contributed by atoms with Gasteiger partial charge in [-0.2, -0.15) is 5.10 Å². The maximum atomic E-state index is 14.8. The van der Waals surface area contributed by atoms with Crippen molar-refractivity contribution in [2.45, 2.75) is 63.8 Å². The number of Topliss-reactive ketones (excluding diaryl/α,β-unsaturated/α-hetero) is 1. The first-order chi connectivity index (χ1) is 17.9. The molecule has 2 unspecified atom stereocenters. The Morgan fingerprint density at radius 2 is 1.97 bits per heavy atom. The Labute approximate surface area is 233 Å². The Kier molecular flexibility index (Phi) is 11.1. The van der Waals surface area contributed by atoms with Gasteiger partial charge in [-0.05, 0) is 56.4 Å². The molecule has 2 fully saturated rings. The van der Waals surface area contributed by atoms with Crippen molar-refractivity contribution in [2.24, 2.45) is 5.92 Å². The lowest BCUT2D eigenvalue weighted by Crippen LogP contribution is -2.43. The number of hydrogen-bond donors (Lipinski definition) is 0. The first kappa shape index (κ1) is 30.1. The summed E-state index contributed by atoms with van der Waals surface area (Å²) < 4.78 is 21.6. The molecular weight excluding hydrogens is 529 g/mol. The SMILES string of the molecule is CCOC(=O)CCCn1ccc(/C=C2/CN(C(C(=O)C3CC3)c3ccccc3F)CCC2SC(C)=O)n1.Cl. The second kappa shape index (κ2) is 14.1. The number of carbonyl (C=O) groups is 3. The highest BCUT2D eigenvalue weighted by molar-refractivity contribution is 8.14. The van der Waals surface area contributed by atoms with E-state index in [0.717, 1.165) is 24.1 Å². The molecule has 2 heterocycles. The Balaban J connectivity index is 0.00000400. The molecule has 7 nitrogen and oxygen atoms in total. The van der Waals surface area contributed by atoms with Gasteiger partial charge in [0.05, 0.1) is 18.3 Å². The standard InChI is InChI=1S/C28H34FN3O4S.ClH/c1-3-36-26(34)9-6-14-32-16-12-22(30-32)17-21-18-31(15-13-25(21)37-19(2)33)27(28(35)20-10-11-20)23-7-4-5-8-24(23)29;/h4-5,7-8,12,16-17,20,25,27H,3,6,9-11,13-15,18H2,1-2H3;1H/b21-17-;. The van der Waals surface area contributed by atoms with E-state index >= 15 is 0 Å². The number of aromatic nitrogens is 2. The molecule has 38 heavy (non-hydrogen) atoms. The number of esters is 1. The molecule has 206 valence electrons. The van der Waals surface area contributed by atoms with Crippen LogP contribution in [0.4, 0.5) is 4.39 Å². The number of ether oxygens (including phenoxy) is 1. The van der Waals surface area contributed by atoms with Crippen molar-refractivity contribution in [2.75, 3.05) is 19.7 Å². The Hall–Kier alpha value is -2.49. The van der Waals surface area contributed by atoms with E-state index in [0.29, 0.717) is 51.1 Å². The molecule has 2 aromatic rings. The fourth-order valence-corrected chi connectivity index (χ4v) is 5.70. The molecule has 1 saturated heterocycles. The van der Waals surface area contributed by atoms with Gasteiger partial charge in [-0.25, -0.2) is 4.39 Å². The predicted molar refractivity (Wildman–Crippen MR) is 148 cm³/mol. The number of benzene rings is 1. The van der Waals surface area contributed by atoms with E-state index in [1.807, 2.05) is 18.3 Å². The molecule has 1 aromatic heterocycles. The molecule has 1 saturated carbocycles. The first-order valence-electron chi connectivity index (χ1n) is 12.9. The van der Waals surface area contributed by atoms with Crippen molar-refractivity contribution in [3.05, 3.63) is 59.2 Å². The van der Waals surface area contributed by atoms with Crippen LogP contribution in [0, 0.1) is 11.7 Å². The molecular formula is C28H35ClFN3O4S. The summed E-state index contributed by atoms with van der Waals surface area (Å²) in [6.07, 6.45) is 7.20. The van der Waals surface area contributed by atoms with Crippen molar-refractivity contribution in [3.63, 3.8) is 0 Å². The van der Waals surface area contributed by atoms with E-state index < -0.39 is 6.04 Å². The van der Waals surface area contributed by atoms with Crippen LogP contribution in [0.15, 0.2) is 42.1 Å². The van der Waals surface area contributed by atoms with Crippen LogP contribution in [0.25, 0.3) is 6.08 Å². The van der Waals surface area contributed by atoms with E-state index in [2.05, 4.69) is 10.00 Å². The molecule has 2 atom stereocenters. The highest BCUT2D eigenvalue weighted by Crippen LogP contribution is 2.40.